The van der Waals surface area contributed by atoms with E-state index in [0.717, 1.165) is 12.1 Å². The van der Waals surface area contributed by atoms with Gasteiger partial charge in [-0.1, -0.05) is 6.07 Å². The summed E-state index contributed by atoms with van der Waals surface area (Å²) in [6, 6.07) is 5.91. The van der Waals surface area contributed by atoms with E-state index < -0.39 is 21.8 Å². The van der Waals surface area contributed by atoms with Crippen LogP contribution in [0.2, 0.25) is 0 Å². The highest BCUT2D eigenvalue weighted by Crippen LogP contribution is 2.31. The van der Waals surface area contributed by atoms with Crippen LogP contribution < -0.4 is 0 Å². The Kier molecular flexibility index (Phi) is 5.52. The van der Waals surface area contributed by atoms with Crippen molar-refractivity contribution in [3.63, 3.8) is 0 Å². The summed E-state index contributed by atoms with van der Waals surface area (Å²) in [5.41, 5.74) is -0.981. The summed E-state index contributed by atoms with van der Waals surface area (Å²) in [6.45, 7) is 3.61. The Labute approximate surface area is 139 Å². The molecular weight excluding hydrogens is 343 g/mol. The number of nitriles is 1. The van der Waals surface area contributed by atoms with Gasteiger partial charge in [-0.3, -0.25) is 4.90 Å². The van der Waals surface area contributed by atoms with Gasteiger partial charge >= 0.3 is 6.18 Å². The van der Waals surface area contributed by atoms with Crippen molar-refractivity contribution in [3.8, 4) is 6.07 Å². The molecule has 1 aliphatic heterocycles. The monoisotopic (exact) mass is 361 g/mol. The summed E-state index contributed by atoms with van der Waals surface area (Å²) in [7, 11) is -3.96. The minimum absolute atomic E-state index is 0.156. The summed E-state index contributed by atoms with van der Waals surface area (Å²) in [5, 5.41) is 8.81. The number of alkyl halides is 3. The smallest absolute Gasteiger partial charge is 0.299 e. The second kappa shape index (κ2) is 7.09. The third kappa shape index (κ3) is 4.26. The topological polar surface area (TPSA) is 64.4 Å². The number of rotatable bonds is 4. The first kappa shape index (κ1) is 18.7. The van der Waals surface area contributed by atoms with Gasteiger partial charge in [0.05, 0.1) is 22.4 Å². The summed E-state index contributed by atoms with van der Waals surface area (Å²) in [5.74, 6) is -0.156. The third-order valence-electron chi connectivity index (χ3n) is 3.88. The van der Waals surface area contributed by atoms with Gasteiger partial charge < -0.3 is 0 Å². The Bertz CT molecular complexity index is 720. The molecule has 0 radical (unpaired) electrons. The molecule has 9 heteroatoms. The van der Waals surface area contributed by atoms with Crippen LogP contribution in [0, 0.1) is 17.2 Å². The summed E-state index contributed by atoms with van der Waals surface area (Å²) in [6.07, 6.45) is -4.59. The highest BCUT2D eigenvalue weighted by atomic mass is 32.2. The fourth-order valence-electron chi connectivity index (χ4n) is 2.56. The second-order valence-electron chi connectivity index (χ2n) is 5.76. The zero-order valence-electron chi connectivity index (χ0n) is 13.1. The van der Waals surface area contributed by atoms with Gasteiger partial charge in [0.15, 0.2) is 0 Å². The molecule has 1 atom stereocenters. The SMILES string of the molecule is C[C@H](C#N)CN1CCN(S(=O)(=O)c2cccc(C(F)(F)F)c2)CC1. The number of benzene rings is 1. The molecule has 1 aliphatic rings. The molecule has 1 saturated heterocycles. The predicted octanol–water partition coefficient (Wildman–Crippen LogP) is 2.17. The van der Waals surface area contributed by atoms with Gasteiger partial charge in [-0.05, 0) is 25.1 Å². The highest BCUT2D eigenvalue weighted by Gasteiger charge is 2.34. The molecule has 0 saturated carbocycles. The lowest BCUT2D eigenvalue weighted by Gasteiger charge is -2.34. The van der Waals surface area contributed by atoms with E-state index in [9.17, 15) is 21.6 Å². The van der Waals surface area contributed by atoms with Gasteiger partial charge in [0.2, 0.25) is 10.0 Å². The van der Waals surface area contributed by atoms with Gasteiger partial charge in [-0.15, -0.1) is 0 Å². The highest BCUT2D eigenvalue weighted by molar-refractivity contribution is 7.89. The van der Waals surface area contributed by atoms with Gasteiger partial charge in [0.1, 0.15) is 0 Å². The molecule has 132 valence electrons. The van der Waals surface area contributed by atoms with E-state index in [-0.39, 0.29) is 23.9 Å². The lowest BCUT2D eigenvalue weighted by atomic mass is 10.2. The molecule has 1 heterocycles. The van der Waals surface area contributed by atoms with E-state index in [2.05, 4.69) is 6.07 Å². The average Bonchev–Trinajstić information content (AvgIpc) is 2.54. The largest absolute Gasteiger partial charge is 0.416 e. The summed E-state index contributed by atoms with van der Waals surface area (Å²) >= 11 is 0. The van der Waals surface area contributed by atoms with Crippen molar-refractivity contribution in [1.29, 1.82) is 5.26 Å². The van der Waals surface area contributed by atoms with Crippen molar-refractivity contribution in [2.24, 2.45) is 5.92 Å². The van der Waals surface area contributed by atoms with Gasteiger partial charge in [0.25, 0.3) is 0 Å². The van der Waals surface area contributed by atoms with E-state index in [1.54, 1.807) is 6.92 Å². The predicted molar refractivity (Wildman–Crippen MR) is 81.4 cm³/mol. The van der Waals surface area contributed by atoms with E-state index in [0.29, 0.717) is 25.7 Å². The third-order valence-corrected chi connectivity index (χ3v) is 5.78. The molecule has 0 unspecified atom stereocenters. The Morgan fingerprint density at radius 2 is 1.88 bits per heavy atom. The molecule has 5 nitrogen and oxygen atoms in total. The number of nitrogens with zero attached hydrogens (tertiary/aromatic N) is 3. The Morgan fingerprint density at radius 3 is 2.42 bits per heavy atom. The molecule has 0 amide bonds. The van der Waals surface area contributed by atoms with Crippen molar-refractivity contribution in [3.05, 3.63) is 29.8 Å². The molecule has 0 bridgehead atoms. The fourth-order valence-corrected chi connectivity index (χ4v) is 4.03. The Balaban J connectivity index is 2.11. The molecule has 2 rings (SSSR count). The molecule has 1 aromatic carbocycles. The zero-order chi connectivity index (χ0) is 18.0. The lowest BCUT2D eigenvalue weighted by Crippen LogP contribution is -2.49. The van der Waals surface area contributed by atoms with Crippen LogP contribution in [0.4, 0.5) is 13.2 Å². The van der Waals surface area contributed by atoms with Crippen LogP contribution in [0.15, 0.2) is 29.2 Å². The number of hydrogen-bond acceptors (Lipinski definition) is 4. The Hall–Kier alpha value is -1.63. The molecule has 0 aliphatic carbocycles. The van der Waals surface area contributed by atoms with E-state index in [1.807, 2.05) is 4.90 Å². The van der Waals surface area contributed by atoms with Crippen LogP contribution in [0.1, 0.15) is 12.5 Å². The number of halogens is 3. The standard InChI is InChI=1S/C15H18F3N3O2S/c1-12(10-19)11-20-5-7-21(8-6-20)24(22,23)14-4-2-3-13(9-14)15(16,17)18/h2-4,9,12H,5-8,11H2,1H3/t12-/m1/s1. The molecule has 1 aromatic rings. The van der Waals surface area contributed by atoms with Crippen LogP contribution in [-0.4, -0.2) is 50.3 Å². The second-order valence-corrected chi connectivity index (χ2v) is 7.70. The molecule has 0 spiro atoms. The normalized spacial score (nSPS) is 19.0. The van der Waals surface area contributed by atoms with Crippen molar-refractivity contribution in [2.45, 2.75) is 18.0 Å². The van der Waals surface area contributed by atoms with Crippen molar-refractivity contribution >= 4 is 10.0 Å². The maximum Gasteiger partial charge on any atom is 0.416 e. The summed E-state index contributed by atoms with van der Waals surface area (Å²) < 4.78 is 64.6. The molecule has 0 aromatic heterocycles. The lowest BCUT2D eigenvalue weighted by molar-refractivity contribution is -0.137. The number of hydrogen-bond donors (Lipinski definition) is 0. The molecule has 1 fully saturated rings. The fraction of sp³-hybridized carbons (Fsp3) is 0.533. The first-order valence-corrected chi connectivity index (χ1v) is 8.88. The number of sulfonamides is 1. The molecular formula is C15H18F3N3O2S. The van der Waals surface area contributed by atoms with Crippen molar-refractivity contribution in [2.75, 3.05) is 32.7 Å². The van der Waals surface area contributed by atoms with Crippen molar-refractivity contribution in [1.82, 2.24) is 9.21 Å². The van der Waals surface area contributed by atoms with Crippen LogP contribution in [0.5, 0.6) is 0 Å². The first-order chi connectivity index (χ1) is 11.1. The first-order valence-electron chi connectivity index (χ1n) is 7.44. The average molecular weight is 361 g/mol. The minimum atomic E-state index is -4.59. The minimum Gasteiger partial charge on any atom is -0.299 e. The van der Waals surface area contributed by atoms with Crippen LogP contribution in [-0.2, 0) is 16.2 Å². The van der Waals surface area contributed by atoms with Crippen LogP contribution >= 0.6 is 0 Å². The van der Waals surface area contributed by atoms with E-state index in [1.165, 1.54) is 10.4 Å². The quantitative estimate of drug-likeness (QED) is 0.825. The maximum atomic E-state index is 12.8. The Morgan fingerprint density at radius 1 is 1.25 bits per heavy atom. The number of piperazine rings is 1. The van der Waals surface area contributed by atoms with Crippen LogP contribution in [0.25, 0.3) is 0 Å². The molecule has 24 heavy (non-hydrogen) atoms. The van der Waals surface area contributed by atoms with Crippen LogP contribution in [0.3, 0.4) is 0 Å². The van der Waals surface area contributed by atoms with Gasteiger partial charge in [0, 0.05) is 32.7 Å². The van der Waals surface area contributed by atoms with Gasteiger partial charge in [-0.2, -0.15) is 22.7 Å². The van der Waals surface area contributed by atoms with E-state index >= 15 is 0 Å². The van der Waals surface area contributed by atoms with Gasteiger partial charge in [-0.25, -0.2) is 8.42 Å². The maximum absolute atomic E-state index is 12.8. The van der Waals surface area contributed by atoms with Crippen molar-refractivity contribution < 1.29 is 21.6 Å². The summed E-state index contributed by atoms with van der Waals surface area (Å²) in [4.78, 5) is 1.63. The zero-order valence-corrected chi connectivity index (χ0v) is 13.9. The van der Waals surface area contributed by atoms with E-state index in [4.69, 9.17) is 5.26 Å². The molecule has 0 N–H and O–H groups in total.